The van der Waals surface area contributed by atoms with Gasteiger partial charge in [0.15, 0.2) is 0 Å². The van der Waals surface area contributed by atoms with E-state index in [0.29, 0.717) is 0 Å². The van der Waals surface area contributed by atoms with Crippen molar-refractivity contribution < 1.29 is 9.90 Å². The number of benzene rings is 2. The molecule has 7 heteroatoms. The third-order valence-electron chi connectivity index (χ3n) is 4.21. The fourth-order valence-corrected chi connectivity index (χ4v) is 3.40. The second-order valence-electron chi connectivity index (χ2n) is 5.99. The van der Waals surface area contributed by atoms with Gasteiger partial charge < -0.3 is 5.11 Å². The van der Waals surface area contributed by atoms with Gasteiger partial charge in [-0.05, 0) is 27.1 Å². The van der Waals surface area contributed by atoms with Gasteiger partial charge >= 0.3 is 11.7 Å². The van der Waals surface area contributed by atoms with E-state index in [4.69, 9.17) is 5.11 Å². The summed E-state index contributed by atoms with van der Waals surface area (Å²) in [5.41, 5.74) is 0.654. The van der Waals surface area contributed by atoms with Gasteiger partial charge in [-0.25, -0.2) is 4.79 Å². The quantitative estimate of drug-likeness (QED) is 0.654. The number of carboxylic acids is 1. The zero-order chi connectivity index (χ0) is 19.4. The third-order valence-corrected chi connectivity index (χ3v) is 4.76. The normalized spacial score (nSPS) is 10.9. The lowest BCUT2D eigenvalue weighted by atomic mass is 9.98. The summed E-state index contributed by atoms with van der Waals surface area (Å²) in [6, 6.07) is 18.5. The van der Waals surface area contributed by atoms with Crippen LogP contribution in [0.5, 0.6) is 0 Å². The molecular weight excluding hydrogens is 412 g/mol. The summed E-state index contributed by atoms with van der Waals surface area (Å²) in [5, 5.41) is 8.92. The average molecular weight is 429 g/mol. The number of aliphatic carboxylic acids is 1. The topological polar surface area (TPSA) is 81.3 Å². The third kappa shape index (κ3) is 4.09. The van der Waals surface area contributed by atoms with Crippen LogP contribution in [-0.4, -0.2) is 20.2 Å². The Kier molecular flexibility index (Phi) is 5.71. The maximum atomic E-state index is 13.1. The molecule has 0 aliphatic heterocycles. The SMILES string of the molecule is O=C(O)CCn1c(=O)c(Br)cn(C(c2ccccc2)c2ccccc2)c1=O. The van der Waals surface area contributed by atoms with E-state index in [0.717, 1.165) is 15.7 Å². The Bertz CT molecular complexity index is 1020. The largest absolute Gasteiger partial charge is 0.481 e. The molecule has 3 rings (SSSR count). The molecule has 0 radical (unpaired) electrons. The Morgan fingerprint density at radius 2 is 1.48 bits per heavy atom. The minimum absolute atomic E-state index is 0.192. The number of halogens is 1. The second-order valence-corrected chi connectivity index (χ2v) is 6.85. The fourth-order valence-electron chi connectivity index (χ4n) is 2.96. The first-order chi connectivity index (χ1) is 13.0. The Hall–Kier alpha value is -2.93. The van der Waals surface area contributed by atoms with Gasteiger partial charge in [0, 0.05) is 12.7 Å². The highest BCUT2D eigenvalue weighted by molar-refractivity contribution is 9.10. The highest BCUT2D eigenvalue weighted by atomic mass is 79.9. The summed E-state index contributed by atoms with van der Waals surface area (Å²) >= 11 is 3.21. The highest BCUT2D eigenvalue weighted by Gasteiger charge is 2.21. The zero-order valence-corrected chi connectivity index (χ0v) is 15.9. The lowest BCUT2D eigenvalue weighted by molar-refractivity contribution is -0.137. The molecule has 0 fully saturated rings. The Morgan fingerprint density at radius 3 is 1.96 bits per heavy atom. The lowest BCUT2D eigenvalue weighted by Gasteiger charge is -2.22. The van der Waals surface area contributed by atoms with Crippen molar-refractivity contribution in [3.8, 4) is 0 Å². The molecule has 27 heavy (non-hydrogen) atoms. The number of rotatable bonds is 6. The molecule has 0 aliphatic carbocycles. The van der Waals surface area contributed by atoms with Crippen LogP contribution in [0.2, 0.25) is 0 Å². The van der Waals surface area contributed by atoms with Crippen LogP contribution in [0.15, 0.2) is 80.9 Å². The van der Waals surface area contributed by atoms with Crippen LogP contribution < -0.4 is 11.2 Å². The molecule has 3 aromatic rings. The zero-order valence-electron chi connectivity index (χ0n) is 14.3. The Balaban J connectivity index is 2.23. The van der Waals surface area contributed by atoms with E-state index in [1.807, 2.05) is 60.7 Å². The predicted octanol–water partition coefficient (Wildman–Crippen LogP) is 2.88. The molecule has 0 spiro atoms. The molecule has 138 valence electrons. The summed E-state index contributed by atoms with van der Waals surface area (Å²) in [7, 11) is 0. The molecule has 0 amide bonds. The summed E-state index contributed by atoms with van der Waals surface area (Å²) < 4.78 is 2.61. The van der Waals surface area contributed by atoms with Crippen molar-refractivity contribution in [2.75, 3.05) is 0 Å². The van der Waals surface area contributed by atoms with Crippen molar-refractivity contribution in [1.82, 2.24) is 9.13 Å². The number of aromatic nitrogens is 2. The molecule has 2 aromatic carbocycles. The number of nitrogens with zero attached hydrogens (tertiary/aromatic N) is 2. The number of carboxylic acid groups (broad SMARTS) is 1. The van der Waals surface area contributed by atoms with Gasteiger partial charge in [-0.2, -0.15) is 0 Å². The van der Waals surface area contributed by atoms with E-state index in [2.05, 4.69) is 15.9 Å². The Morgan fingerprint density at radius 1 is 0.963 bits per heavy atom. The van der Waals surface area contributed by atoms with Crippen molar-refractivity contribution in [2.45, 2.75) is 19.0 Å². The molecule has 0 saturated carbocycles. The standard InChI is InChI=1S/C20H17BrN2O4/c21-16-13-23(20(27)22(19(16)26)12-11-17(24)25)18(14-7-3-1-4-8-14)15-9-5-2-6-10-15/h1-10,13,18H,11-12H2,(H,24,25). The first kappa shape index (κ1) is 18.8. The smallest absolute Gasteiger partial charge is 0.331 e. The van der Waals surface area contributed by atoms with E-state index < -0.39 is 23.3 Å². The summed E-state index contributed by atoms with van der Waals surface area (Å²) in [6.07, 6.45) is 1.15. The molecule has 1 N–H and O–H groups in total. The fraction of sp³-hybridized carbons (Fsp3) is 0.150. The van der Waals surface area contributed by atoms with E-state index >= 15 is 0 Å². The van der Waals surface area contributed by atoms with Gasteiger partial charge in [-0.15, -0.1) is 0 Å². The van der Waals surface area contributed by atoms with Gasteiger partial charge in [0.05, 0.1) is 16.9 Å². The van der Waals surface area contributed by atoms with Crippen LogP contribution in [-0.2, 0) is 11.3 Å². The van der Waals surface area contributed by atoms with Crippen LogP contribution in [0.3, 0.4) is 0 Å². The van der Waals surface area contributed by atoms with Crippen LogP contribution in [0, 0.1) is 0 Å². The van der Waals surface area contributed by atoms with Crippen molar-refractivity contribution in [1.29, 1.82) is 0 Å². The lowest BCUT2D eigenvalue weighted by Crippen LogP contribution is -2.42. The molecule has 0 bridgehead atoms. The van der Waals surface area contributed by atoms with E-state index in [9.17, 15) is 14.4 Å². The molecule has 6 nitrogen and oxygen atoms in total. The van der Waals surface area contributed by atoms with E-state index in [1.54, 1.807) is 0 Å². The van der Waals surface area contributed by atoms with E-state index in [-0.39, 0.29) is 17.4 Å². The van der Waals surface area contributed by atoms with Crippen LogP contribution >= 0.6 is 15.9 Å². The second kappa shape index (κ2) is 8.18. The van der Waals surface area contributed by atoms with Gasteiger partial charge in [-0.1, -0.05) is 60.7 Å². The van der Waals surface area contributed by atoms with E-state index in [1.165, 1.54) is 10.8 Å². The minimum Gasteiger partial charge on any atom is -0.481 e. The molecule has 1 aromatic heterocycles. The maximum Gasteiger partial charge on any atom is 0.331 e. The predicted molar refractivity (Wildman–Crippen MR) is 105 cm³/mol. The average Bonchev–Trinajstić information content (AvgIpc) is 2.67. The molecule has 0 aliphatic rings. The first-order valence-corrected chi connectivity index (χ1v) is 9.11. The van der Waals surface area contributed by atoms with Crippen molar-refractivity contribution in [3.05, 3.63) is 103 Å². The van der Waals surface area contributed by atoms with Gasteiger partial charge in [-0.3, -0.25) is 18.7 Å². The molecular formula is C20H17BrN2O4. The van der Waals surface area contributed by atoms with Gasteiger partial charge in [0.1, 0.15) is 0 Å². The number of hydrogen-bond donors (Lipinski definition) is 1. The monoisotopic (exact) mass is 428 g/mol. The van der Waals surface area contributed by atoms with Crippen LogP contribution in [0.1, 0.15) is 23.6 Å². The summed E-state index contributed by atoms with van der Waals surface area (Å²) in [4.78, 5) is 36.3. The molecule has 0 unspecified atom stereocenters. The summed E-state index contributed by atoms with van der Waals surface area (Å²) in [5.74, 6) is -1.07. The number of hydrogen-bond acceptors (Lipinski definition) is 3. The van der Waals surface area contributed by atoms with Crippen LogP contribution in [0.4, 0.5) is 0 Å². The van der Waals surface area contributed by atoms with Gasteiger partial charge in [0.2, 0.25) is 0 Å². The van der Waals surface area contributed by atoms with Crippen LogP contribution in [0.25, 0.3) is 0 Å². The Labute approximate surface area is 163 Å². The highest BCUT2D eigenvalue weighted by Crippen LogP contribution is 2.25. The molecule has 1 heterocycles. The molecule has 0 saturated heterocycles. The van der Waals surface area contributed by atoms with Crippen molar-refractivity contribution >= 4 is 21.9 Å². The van der Waals surface area contributed by atoms with Gasteiger partial charge in [0.25, 0.3) is 5.56 Å². The number of carbonyl (C=O) groups is 1. The summed E-state index contributed by atoms with van der Waals surface area (Å²) in [6.45, 7) is -0.192. The first-order valence-electron chi connectivity index (χ1n) is 8.32. The maximum absolute atomic E-state index is 13.1. The van der Waals surface area contributed by atoms with Crippen molar-refractivity contribution in [2.24, 2.45) is 0 Å². The van der Waals surface area contributed by atoms with Crippen molar-refractivity contribution in [3.63, 3.8) is 0 Å². The molecule has 0 atom stereocenters. The minimum atomic E-state index is -1.07.